The van der Waals surface area contributed by atoms with Gasteiger partial charge in [0, 0.05) is 23.8 Å². The molecule has 5 rings (SSSR count). The topological polar surface area (TPSA) is 151 Å². The summed E-state index contributed by atoms with van der Waals surface area (Å²) in [4.78, 5) is 27.7. The number of carbonyl (C=O) groups is 2. The highest BCUT2D eigenvalue weighted by Crippen LogP contribution is 2.50. The molecule has 1 aliphatic carbocycles. The maximum atomic E-state index is 13.6. The summed E-state index contributed by atoms with van der Waals surface area (Å²) >= 11 is 2.47. The number of hydrogen-bond acceptors (Lipinski definition) is 11. The van der Waals surface area contributed by atoms with Crippen molar-refractivity contribution in [3.63, 3.8) is 0 Å². The first kappa shape index (κ1) is 26.6. The van der Waals surface area contributed by atoms with Gasteiger partial charge in [-0.3, -0.25) is 14.5 Å². The second-order valence-corrected chi connectivity index (χ2v) is 12.6. The zero-order valence-electron chi connectivity index (χ0n) is 21.9. The third kappa shape index (κ3) is 5.32. The summed E-state index contributed by atoms with van der Waals surface area (Å²) in [7, 11) is 0. The molecule has 3 heterocycles. The molecule has 1 atom stereocenters. The zero-order valence-corrected chi connectivity index (χ0v) is 23.6. The van der Waals surface area contributed by atoms with E-state index in [0.717, 1.165) is 16.8 Å². The molecule has 0 saturated carbocycles. The molecule has 12 heteroatoms. The predicted octanol–water partition coefficient (Wildman–Crippen LogP) is 4.81. The van der Waals surface area contributed by atoms with Crippen LogP contribution < -0.4 is 16.0 Å². The van der Waals surface area contributed by atoms with Gasteiger partial charge < -0.3 is 15.6 Å². The number of thioether (sulfide) groups is 1. The van der Waals surface area contributed by atoms with Gasteiger partial charge >= 0.3 is 0 Å². The third-order valence-electron chi connectivity index (χ3n) is 6.57. The third-order valence-corrected chi connectivity index (χ3v) is 8.61. The van der Waals surface area contributed by atoms with Crippen molar-refractivity contribution >= 4 is 45.7 Å². The molecule has 1 aliphatic heterocycles. The number of aromatic nitrogens is 3. The number of hydrogen-bond donors (Lipinski definition) is 2. The van der Waals surface area contributed by atoms with Crippen LogP contribution in [-0.2, 0) is 9.59 Å². The normalized spacial score (nSPS) is 18.7. The van der Waals surface area contributed by atoms with Crippen molar-refractivity contribution in [2.24, 2.45) is 11.1 Å². The van der Waals surface area contributed by atoms with Gasteiger partial charge in [0.2, 0.25) is 11.0 Å². The first-order valence-electron chi connectivity index (χ1n) is 12.3. The first-order valence-corrected chi connectivity index (χ1v) is 14.1. The van der Waals surface area contributed by atoms with Crippen LogP contribution in [0.2, 0.25) is 0 Å². The van der Waals surface area contributed by atoms with Crippen molar-refractivity contribution < 1.29 is 14.1 Å². The summed E-state index contributed by atoms with van der Waals surface area (Å²) in [5.74, 6) is 0.452. The van der Waals surface area contributed by atoms with Crippen LogP contribution in [0.25, 0.3) is 0 Å². The number of allylic oxidation sites excluding steroid dienone is 3. The van der Waals surface area contributed by atoms with E-state index >= 15 is 0 Å². The van der Waals surface area contributed by atoms with Gasteiger partial charge in [-0.2, -0.15) is 5.26 Å². The fourth-order valence-electron chi connectivity index (χ4n) is 4.99. The number of Topliss-reactive ketones (excluding diaryl/α,β-unsaturated/α-hetero) is 1. The molecule has 3 N–H and O–H groups in total. The van der Waals surface area contributed by atoms with Crippen LogP contribution in [0.1, 0.15) is 49.5 Å². The van der Waals surface area contributed by atoms with Crippen molar-refractivity contribution in [1.82, 2.24) is 15.4 Å². The summed E-state index contributed by atoms with van der Waals surface area (Å²) < 4.78 is 5.52. The van der Waals surface area contributed by atoms with Gasteiger partial charge in [-0.1, -0.05) is 71.9 Å². The van der Waals surface area contributed by atoms with Crippen LogP contribution in [0.5, 0.6) is 0 Å². The number of benzene rings is 1. The van der Waals surface area contributed by atoms with Crippen molar-refractivity contribution in [3.8, 4) is 6.07 Å². The molecule has 2 aliphatic rings. The molecular formula is C27H27N7O3S2. The number of rotatable bonds is 6. The Morgan fingerprint density at radius 1 is 1.31 bits per heavy atom. The van der Waals surface area contributed by atoms with Crippen LogP contribution in [0.4, 0.5) is 10.9 Å². The van der Waals surface area contributed by atoms with E-state index in [1.807, 2.05) is 45.0 Å². The number of nitrogens with zero attached hydrogens (tertiary/aromatic N) is 5. The second-order valence-electron chi connectivity index (χ2n) is 10.4. The molecule has 10 nitrogen and oxygen atoms in total. The van der Waals surface area contributed by atoms with Gasteiger partial charge in [0.15, 0.2) is 15.9 Å². The fraction of sp³-hybridized carbons (Fsp3) is 0.333. The Morgan fingerprint density at radius 2 is 2.10 bits per heavy atom. The lowest BCUT2D eigenvalue weighted by molar-refractivity contribution is -0.118. The monoisotopic (exact) mass is 561 g/mol. The highest BCUT2D eigenvalue weighted by Gasteiger charge is 2.45. The molecular weight excluding hydrogens is 534 g/mol. The number of nitrogens with one attached hydrogen (secondary N) is 1. The Balaban J connectivity index is 1.48. The van der Waals surface area contributed by atoms with Gasteiger partial charge in [-0.15, -0.1) is 10.2 Å². The largest absolute Gasteiger partial charge is 0.384 e. The van der Waals surface area contributed by atoms with Crippen LogP contribution in [0.3, 0.4) is 0 Å². The van der Waals surface area contributed by atoms with Crippen LogP contribution >= 0.6 is 23.1 Å². The van der Waals surface area contributed by atoms with E-state index in [0.29, 0.717) is 45.0 Å². The molecule has 200 valence electrons. The number of aryl methyl sites for hydroxylation is 2. The van der Waals surface area contributed by atoms with Gasteiger partial charge in [0.05, 0.1) is 23.3 Å². The fourth-order valence-corrected chi connectivity index (χ4v) is 6.67. The summed E-state index contributed by atoms with van der Waals surface area (Å²) in [5.41, 5.74) is 9.90. The molecule has 1 aromatic carbocycles. The van der Waals surface area contributed by atoms with Crippen molar-refractivity contribution in [1.29, 1.82) is 5.26 Å². The molecule has 2 aromatic heterocycles. The van der Waals surface area contributed by atoms with E-state index < -0.39 is 5.92 Å². The highest BCUT2D eigenvalue weighted by atomic mass is 32.2. The molecule has 0 saturated heterocycles. The van der Waals surface area contributed by atoms with Crippen LogP contribution in [0, 0.1) is 30.6 Å². The Kier molecular flexibility index (Phi) is 7.05. The number of anilines is 2. The maximum Gasteiger partial charge on any atom is 0.236 e. The lowest BCUT2D eigenvalue weighted by Gasteiger charge is -2.42. The second kappa shape index (κ2) is 10.3. The number of ketones is 1. The molecule has 0 bridgehead atoms. The number of nitrogens with two attached hydrogens (primary N) is 1. The number of amides is 1. The van der Waals surface area contributed by atoms with Gasteiger partial charge in [0.25, 0.3) is 0 Å². The lowest BCUT2D eigenvalue weighted by atomic mass is 9.68. The number of nitriles is 1. The maximum absolute atomic E-state index is 13.6. The van der Waals surface area contributed by atoms with E-state index in [-0.39, 0.29) is 28.7 Å². The molecule has 3 aromatic rings. The Bertz CT molecular complexity index is 1580. The average molecular weight is 562 g/mol. The molecule has 1 amide bonds. The number of carbonyl (C=O) groups excluding carboxylic acids is 2. The zero-order chi connectivity index (χ0) is 27.9. The predicted molar refractivity (Wildman–Crippen MR) is 149 cm³/mol. The minimum atomic E-state index is -0.546. The summed E-state index contributed by atoms with van der Waals surface area (Å²) in [6.07, 6.45) is 0.954. The van der Waals surface area contributed by atoms with Crippen molar-refractivity contribution in [2.45, 2.75) is 50.8 Å². The minimum Gasteiger partial charge on any atom is -0.384 e. The molecule has 0 fully saturated rings. The van der Waals surface area contributed by atoms with Gasteiger partial charge in [0.1, 0.15) is 11.6 Å². The highest BCUT2D eigenvalue weighted by molar-refractivity contribution is 8.01. The quantitative estimate of drug-likeness (QED) is 0.401. The SMILES string of the molecule is Cc1cccc(C2C(C#N)=C(N)N(c3nnc(SCC(=O)Nc4cc(C)on4)s3)C3=C2C(=O)CC(C)(C)C3)c1. The summed E-state index contributed by atoms with van der Waals surface area (Å²) in [6.45, 7) is 7.81. The molecule has 0 spiro atoms. The van der Waals surface area contributed by atoms with Crippen molar-refractivity contribution in [3.05, 3.63) is 69.9 Å². The minimum absolute atomic E-state index is 0.00289. The van der Waals surface area contributed by atoms with Gasteiger partial charge in [-0.25, -0.2) is 0 Å². The molecule has 1 unspecified atom stereocenters. The Labute approximate surface area is 233 Å². The van der Waals surface area contributed by atoms with Crippen LogP contribution in [-0.4, -0.2) is 32.8 Å². The average Bonchev–Trinajstić information content (AvgIpc) is 3.50. The van der Waals surface area contributed by atoms with Gasteiger partial charge in [-0.05, 0) is 31.2 Å². The molecule has 39 heavy (non-hydrogen) atoms. The Hall–Kier alpha value is -3.95. The summed E-state index contributed by atoms with van der Waals surface area (Å²) in [5, 5.41) is 25.7. The van der Waals surface area contributed by atoms with E-state index in [1.165, 1.54) is 23.1 Å². The lowest BCUT2D eigenvalue weighted by Crippen LogP contribution is -2.42. The smallest absolute Gasteiger partial charge is 0.236 e. The standard InChI is InChI=1S/C27H27N7O3S2/c1-14-6-5-7-16(8-14)22-17(12-28)24(29)34(18-10-27(3,4)11-19(35)23(18)22)25-31-32-26(39-25)38-13-21(36)30-20-9-15(2)37-33-20/h5-9,22H,10-11,13,29H2,1-4H3,(H,30,33,36). The van der Waals surface area contributed by atoms with E-state index in [9.17, 15) is 14.9 Å². The van der Waals surface area contributed by atoms with E-state index in [4.69, 9.17) is 10.3 Å². The molecule has 0 radical (unpaired) electrons. The summed E-state index contributed by atoms with van der Waals surface area (Å²) in [6, 6.07) is 11.7. The van der Waals surface area contributed by atoms with Crippen LogP contribution in [0.15, 0.2) is 61.9 Å². The first-order chi connectivity index (χ1) is 18.6. The van der Waals surface area contributed by atoms with E-state index in [1.54, 1.807) is 17.9 Å². The van der Waals surface area contributed by atoms with E-state index in [2.05, 4.69) is 26.7 Å². The van der Waals surface area contributed by atoms with Crippen molar-refractivity contribution in [2.75, 3.05) is 16.0 Å². The Morgan fingerprint density at radius 3 is 2.79 bits per heavy atom.